The molecule has 2 aromatic rings. The minimum atomic E-state index is -0.706. The first-order valence-corrected chi connectivity index (χ1v) is 6.47. The molecule has 0 unspecified atom stereocenters. The molecule has 0 spiro atoms. The lowest BCUT2D eigenvalue weighted by Gasteiger charge is -2.08. The number of nitrogens with one attached hydrogen (secondary N) is 2. The number of hydrogen-bond donors (Lipinski definition) is 2. The van der Waals surface area contributed by atoms with Gasteiger partial charge in [-0.3, -0.25) is 9.59 Å². The van der Waals surface area contributed by atoms with Crippen LogP contribution in [0.5, 0.6) is 0 Å². The molecule has 2 aromatic carbocycles. The van der Waals surface area contributed by atoms with Crippen molar-refractivity contribution in [2.75, 3.05) is 12.4 Å². The summed E-state index contributed by atoms with van der Waals surface area (Å²) in [5.74, 6) is -1.59. The molecule has 0 aliphatic rings. The molecule has 0 saturated heterocycles. The molecule has 4 nitrogen and oxygen atoms in total. The molecular weight excluding hydrogens is 295 g/mol. The van der Waals surface area contributed by atoms with E-state index in [4.69, 9.17) is 11.6 Å². The standard InChI is InChI=1S/C15H12ClFN2O2/c1-18-14(20)9-3-2-4-11(7-9)19-15(21)12-6-5-10(16)8-13(12)17/h2-8H,1H3,(H,18,20)(H,19,21). The monoisotopic (exact) mass is 306 g/mol. The van der Waals surface area contributed by atoms with E-state index < -0.39 is 11.7 Å². The van der Waals surface area contributed by atoms with Crippen LogP contribution in [-0.2, 0) is 0 Å². The Balaban J connectivity index is 2.21. The van der Waals surface area contributed by atoms with E-state index in [1.807, 2.05) is 0 Å². The molecule has 0 heterocycles. The summed E-state index contributed by atoms with van der Waals surface area (Å²) in [7, 11) is 1.51. The van der Waals surface area contributed by atoms with Gasteiger partial charge in [-0.25, -0.2) is 4.39 Å². The Labute approximate surface area is 125 Å². The number of amides is 2. The maximum absolute atomic E-state index is 13.7. The Kier molecular flexibility index (Phi) is 4.55. The number of carbonyl (C=O) groups excluding carboxylic acids is 2. The molecule has 0 aliphatic carbocycles. The number of benzene rings is 2. The van der Waals surface area contributed by atoms with E-state index in [0.717, 1.165) is 6.07 Å². The highest BCUT2D eigenvalue weighted by molar-refractivity contribution is 6.30. The molecule has 0 aromatic heterocycles. The lowest BCUT2D eigenvalue weighted by atomic mass is 10.1. The fourth-order valence-electron chi connectivity index (χ4n) is 1.75. The summed E-state index contributed by atoms with van der Waals surface area (Å²) in [6, 6.07) is 10.1. The van der Waals surface area contributed by atoms with E-state index in [2.05, 4.69) is 10.6 Å². The van der Waals surface area contributed by atoms with E-state index in [1.165, 1.54) is 25.2 Å². The zero-order valence-electron chi connectivity index (χ0n) is 11.1. The van der Waals surface area contributed by atoms with Gasteiger partial charge >= 0.3 is 0 Å². The Morgan fingerprint density at radius 3 is 2.52 bits per heavy atom. The molecule has 21 heavy (non-hydrogen) atoms. The minimum Gasteiger partial charge on any atom is -0.355 e. The first kappa shape index (κ1) is 15.0. The molecule has 108 valence electrons. The predicted molar refractivity (Wildman–Crippen MR) is 79.2 cm³/mol. The maximum atomic E-state index is 13.7. The number of hydrogen-bond acceptors (Lipinski definition) is 2. The van der Waals surface area contributed by atoms with Crippen LogP contribution in [0.2, 0.25) is 5.02 Å². The highest BCUT2D eigenvalue weighted by Gasteiger charge is 2.13. The van der Waals surface area contributed by atoms with Crippen molar-refractivity contribution in [1.29, 1.82) is 0 Å². The van der Waals surface area contributed by atoms with Crippen LogP contribution in [0.4, 0.5) is 10.1 Å². The number of anilines is 1. The summed E-state index contributed by atoms with van der Waals surface area (Å²) in [5, 5.41) is 5.23. The van der Waals surface area contributed by atoms with Crippen LogP contribution >= 0.6 is 11.6 Å². The van der Waals surface area contributed by atoms with Crippen molar-refractivity contribution in [3.63, 3.8) is 0 Å². The SMILES string of the molecule is CNC(=O)c1cccc(NC(=O)c2ccc(Cl)cc2F)c1. The van der Waals surface area contributed by atoms with Crippen LogP contribution in [0.25, 0.3) is 0 Å². The van der Waals surface area contributed by atoms with Crippen LogP contribution in [0.1, 0.15) is 20.7 Å². The van der Waals surface area contributed by atoms with Crippen molar-refractivity contribution < 1.29 is 14.0 Å². The maximum Gasteiger partial charge on any atom is 0.258 e. The largest absolute Gasteiger partial charge is 0.355 e. The van der Waals surface area contributed by atoms with E-state index in [9.17, 15) is 14.0 Å². The molecule has 0 bridgehead atoms. The summed E-state index contributed by atoms with van der Waals surface area (Å²) in [5.41, 5.74) is 0.673. The molecule has 0 atom stereocenters. The average Bonchev–Trinajstić information content (AvgIpc) is 2.46. The molecule has 0 fully saturated rings. The third-order valence-electron chi connectivity index (χ3n) is 2.79. The van der Waals surface area contributed by atoms with E-state index >= 15 is 0 Å². The first-order valence-electron chi connectivity index (χ1n) is 6.10. The van der Waals surface area contributed by atoms with Gasteiger partial charge in [0, 0.05) is 23.3 Å². The van der Waals surface area contributed by atoms with Gasteiger partial charge in [0.25, 0.3) is 11.8 Å². The van der Waals surface area contributed by atoms with Gasteiger partial charge in [-0.05, 0) is 36.4 Å². The molecule has 0 radical (unpaired) electrons. The second kappa shape index (κ2) is 6.37. The molecule has 0 saturated carbocycles. The third-order valence-corrected chi connectivity index (χ3v) is 3.02. The smallest absolute Gasteiger partial charge is 0.258 e. The lowest BCUT2D eigenvalue weighted by Crippen LogP contribution is -2.18. The molecule has 2 N–H and O–H groups in total. The van der Waals surface area contributed by atoms with Crippen LogP contribution in [0, 0.1) is 5.82 Å². The zero-order valence-corrected chi connectivity index (χ0v) is 11.9. The van der Waals surface area contributed by atoms with Gasteiger partial charge in [0.2, 0.25) is 0 Å². The van der Waals surface area contributed by atoms with Crippen molar-refractivity contribution in [3.05, 3.63) is 64.4 Å². The average molecular weight is 307 g/mol. The summed E-state index contributed by atoms with van der Waals surface area (Å²) in [4.78, 5) is 23.5. The van der Waals surface area contributed by atoms with Gasteiger partial charge in [0.15, 0.2) is 0 Å². The van der Waals surface area contributed by atoms with Crippen LogP contribution in [0.3, 0.4) is 0 Å². The van der Waals surface area contributed by atoms with Gasteiger partial charge in [0.05, 0.1) is 5.56 Å². The quantitative estimate of drug-likeness (QED) is 0.915. The third kappa shape index (κ3) is 3.58. The fourth-order valence-corrected chi connectivity index (χ4v) is 1.91. The number of halogens is 2. The van der Waals surface area contributed by atoms with Gasteiger partial charge in [-0.15, -0.1) is 0 Å². The Morgan fingerprint density at radius 1 is 1.10 bits per heavy atom. The summed E-state index contributed by atoms with van der Waals surface area (Å²) in [6.07, 6.45) is 0. The second-order valence-electron chi connectivity index (χ2n) is 4.24. The van der Waals surface area contributed by atoms with Crippen LogP contribution in [-0.4, -0.2) is 18.9 Å². The second-order valence-corrected chi connectivity index (χ2v) is 4.67. The topological polar surface area (TPSA) is 58.2 Å². The lowest BCUT2D eigenvalue weighted by molar-refractivity contribution is 0.0961. The predicted octanol–water partition coefficient (Wildman–Crippen LogP) is 3.09. The Morgan fingerprint density at radius 2 is 1.86 bits per heavy atom. The van der Waals surface area contributed by atoms with Crippen LogP contribution in [0.15, 0.2) is 42.5 Å². The van der Waals surface area contributed by atoms with Gasteiger partial charge in [0.1, 0.15) is 5.82 Å². The number of carbonyl (C=O) groups is 2. The summed E-state index contributed by atoms with van der Waals surface area (Å²) in [6.45, 7) is 0. The van der Waals surface area contributed by atoms with Crippen molar-refractivity contribution in [1.82, 2.24) is 5.32 Å². The number of rotatable bonds is 3. The van der Waals surface area contributed by atoms with E-state index in [-0.39, 0.29) is 16.5 Å². The normalized spacial score (nSPS) is 10.0. The molecule has 0 aliphatic heterocycles. The van der Waals surface area contributed by atoms with Crippen molar-refractivity contribution in [2.24, 2.45) is 0 Å². The first-order chi connectivity index (χ1) is 10.0. The van der Waals surface area contributed by atoms with E-state index in [0.29, 0.717) is 11.3 Å². The van der Waals surface area contributed by atoms with Crippen molar-refractivity contribution >= 4 is 29.1 Å². The van der Waals surface area contributed by atoms with Crippen LogP contribution < -0.4 is 10.6 Å². The van der Waals surface area contributed by atoms with Crippen molar-refractivity contribution in [3.8, 4) is 0 Å². The minimum absolute atomic E-state index is 0.121. The molecule has 2 rings (SSSR count). The Hall–Kier alpha value is -2.40. The molecular formula is C15H12ClFN2O2. The fraction of sp³-hybridized carbons (Fsp3) is 0.0667. The highest BCUT2D eigenvalue weighted by atomic mass is 35.5. The molecule has 6 heteroatoms. The summed E-state index contributed by atoms with van der Waals surface area (Å²) >= 11 is 5.64. The zero-order chi connectivity index (χ0) is 15.4. The van der Waals surface area contributed by atoms with Gasteiger partial charge in [-0.1, -0.05) is 17.7 Å². The molecule has 2 amide bonds. The summed E-state index contributed by atoms with van der Waals surface area (Å²) < 4.78 is 13.7. The van der Waals surface area contributed by atoms with Crippen molar-refractivity contribution in [2.45, 2.75) is 0 Å². The van der Waals surface area contributed by atoms with Gasteiger partial charge in [-0.2, -0.15) is 0 Å². The van der Waals surface area contributed by atoms with E-state index in [1.54, 1.807) is 18.2 Å². The Bertz CT molecular complexity index is 704. The van der Waals surface area contributed by atoms with Gasteiger partial charge < -0.3 is 10.6 Å². The highest BCUT2D eigenvalue weighted by Crippen LogP contribution is 2.17.